The van der Waals surface area contributed by atoms with Crippen LogP contribution in [-0.4, -0.2) is 15.0 Å². The van der Waals surface area contributed by atoms with Crippen molar-refractivity contribution in [2.45, 2.75) is 12.3 Å². The van der Waals surface area contributed by atoms with E-state index in [2.05, 4.69) is 5.32 Å². The fourth-order valence-corrected chi connectivity index (χ4v) is 3.63. The molecule has 6 nitrogen and oxygen atoms in total. The van der Waals surface area contributed by atoms with Gasteiger partial charge in [0.05, 0.1) is 5.56 Å². The maximum absolute atomic E-state index is 12.8. The van der Waals surface area contributed by atoms with Crippen LogP contribution in [0.5, 0.6) is 0 Å². The van der Waals surface area contributed by atoms with Gasteiger partial charge in [-0.25, -0.2) is 4.79 Å². The van der Waals surface area contributed by atoms with Crippen LogP contribution in [0.2, 0.25) is 0 Å². The second-order valence-corrected chi connectivity index (χ2v) is 6.76. The molecule has 1 unspecified atom stereocenters. The Morgan fingerprint density at radius 2 is 1.48 bits per heavy atom. The maximum Gasteiger partial charge on any atom is 0.332 e. The standard InChI is InChI=1S/C21H19N3O3/c1-23-19-18(20(26)24(2)21(23)27)16(12-17(25)22-19)15-10-8-14(9-11-15)13-6-4-3-5-7-13/h3-11,16H,12H2,1-2H3,(H,22,25). The zero-order valence-electron chi connectivity index (χ0n) is 15.1. The number of nitrogens with zero attached hydrogens (tertiary/aromatic N) is 2. The Morgan fingerprint density at radius 1 is 0.852 bits per heavy atom. The number of anilines is 1. The molecule has 1 atom stereocenters. The molecule has 0 radical (unpaired) electrons. The van der Waals surface area contributed by atoms with E-state index in [4.69, 9.17) is 0 Å². The van der Waals surface area contributed by atoms with Gasteiger partial charge < -0.3 is 5.32 Å². The topological polar surface area (TPSA) is 73.1 Å². The summed E-state index contributed by atoms with van der Waals surface area (Å²) in [6, 6.07) is 17.9. The molecule has 6 heteroatoms. The number of carbonyl (C=O) groups is 1. The molecule has 4 rings (SSSR count). The molecule has 2 aromatic carbocycles. The molecule has 0 fully saturated rings. The van der Waals surface area contributed by atoms with E-state index in [1.165, 1.54) is 11.6 Å². The second-order valence-electron chi connectivity index (χ2n) is 6.76. The summed E-state index contributed by atoms with van der Waals surface area (Å²) in [7, 11) is 3.01. The summed E-state index contributed by atoms with van der Waals surface area (Å²) in [5.74, 6) is -0.302. The van der Waals surface area contributed by atoms with Gasteiger partial charge in [-0.05, 0) is 16.7 Å². The zero-order chi connectivity index (χ0) is 19.1. The molecule has 136 valence electrons. The Kier molecular flexibility index (Phi) is 4.03. The lowest BCUT2D eigenvalue weighted by Crippen LogP contribution is -2.44. The van der Waals surface area contributed by atoms with Crippen LogP contribution in [0, 0.1) is 0 Å². The molecule has 0 aliphatic carbocycles. The molecule has 2 heterocycles. The molecule has 1 amide bonds. The Labute approximate surface area is 155 Å². The minimum Gasteiger partial charge on any atom is -0.312 e. The molecule has 3 aromatic rings. The highest BCUT2D eigenvalue weighted by Gasteiger charge is 2.32. The number of aromatic nitrogens is 2. The van der Waals surface area contributed by atoms with Crippen molar-refractivity contribution in [2.75, 3.05) is 5.32 Å². The predicted octanol–water partition coefficient (Wildman–Crippen LogP) is 2.23. The minimum atomic E-state index is -0.459. The monoisotopic (exact) mass is 361 g/mol. The zero-order valence-corrected chi connectivity index (χ0v) is 15.1. The van der Waals surface area contributed by atoms with Crippen LogP contribution in [0.25, 0.3) is 11.1 Å². The van der Waals surface area contributed by atoms with Gasteiger partial charge in [0, 0.05) is 26.4 Å². The van der Waals surface area contributed by atoms with E-state index in [1.54, 1.807) is 7.05 Å². The van der Waals surface area contributed by atoms with Gasteiger partial charge in [0.15, 0.2) is 0 Å². The van der Waals surface area contributed by atoms with Crippen LogP contribution in [0.15, 0.2) is 64.2 Å². The molecule has 0 spiro atoms. The number of hydrogen-bond acceptors (Lipinski definition) is 3. The van der Waals surface area contributed by atoms with Gasteiger partial charge in [0.2, 0.25) is 5.91 Å². The largest absolute Gasteiger partial charge is 0.332 e. The van der Waals surface area contributed by atoms with Crippen LogP contribution in [0.1, 0.15) is 23.5 Å². The van der Waals surface area contributed by atoms with E-state index in [0.717, 1.165) is 21.3 Å². The third-order valence-corrected chi connectivity index (χ3v) is 5.12. The molecular weight excluding hydrogens is 342 g/mol. The van der Waals surface area contributed by atoms with Gasteiger partial charge in [0.25, 0.3) is 5.56 Å². The fourth-order valence-electron chi connectivity index (χ4n) is 3.63. The Balaban J connectivity index is 1.83. The smallest absolute Gasteiger partial charge is 0.312 e. The summed E-state index contributed by atoms with van der Waals surface area (Å²) in [4.78, 5) is 37.2. The fraction of sp³-hybridized carbons (Fsp3) is 0.190. The minimum absolute atomic E-state index is 0.172. The number of rotatable bonds is 2. The normalized spacial score (nSPS) is 15.9. The highest BCUT2D eigenvalue weighted by molar-refractivity contribution is 5.94. The van der Waals surface area contributed by atoms with Crippen molar-refractivity contribution in [1.82, 2.24) is 9.13 Å². The van der Waals surface area contributed by atoms with Crippen LogP contribution in [0.3, 0.4) is 0 Å². The lowest BCUT2D eigenvalue weighted by Gasteiger charge is -2.27. The predicted molar refractivity (Wildman–Crippen MR) is 104 cm³/mol. The van der Waals surface area contributed by atoms with Crippen molar-refractivity contribution in [3.8, 4) is 11.1 Å². The van der Waals surface area contributed by atoms with Gasteiger partial charge in [-0.1, -0.05) is 54.6 Å². The number of carbonyl (C=O) groups excluding carboxylic acids is 1. The molecule has 27 heavy (non-hydrogen) atoms. The first kappa shape index (κ1) is 17.0. The Hall–Kier alpha value is -3.41. The summed E-state index contributed by atoms with van der Waals surface area (Å²) in [5, 5.41) is 2.68. The van der Waals surface area contributed by atoms with Crippen molar-refractivity contribution in [3.05, 3.63) is 86.6 Å². The third kappa shape index (κ3) is 2.79. The molecule has 0 saturated carbocycles. The number of hydrogen-bond donors (Lipinski definition) is 1. The molecule has 1 N–H and O–H groups in total. The van der Waals surface area contributed by atoms with Gasteiger partial charge >= 0.3 is 5.69 Å². The number of amides is 1. The lowest BCUT2D eigenvalue weighted by molar-refractivity contribution is -0.116. The van der Waals surface area contributed by atoms with Crippen molar-refractivity contribution >= 4 is 11.7 Å². The van der Waals surface area contributed by atoms with Crippen molar-refractivity contribution in [1.29, 1.82) is 0 Å². The van der Waals surface area contributed by atoms with Crippen LogP contribution in [-0.2, 0) is 18.9 Å². The first-order chi connectivity index (χ1) is 13.0. The first-order valence-corrected chi connectivity index (χ1v) is 8.72. The summed E-state index contributed by atoms with van der Waals surface area (Å²) in [5.41, 5.74) is 2.66. The van der Waals surface area contributed by atoms with Gasteiger partial charge in [0.1, 0.15) is 5.82 Å². The van der Waals surface area contributed by atoms with E-state index >= 15 is 0 Å². The summed E-state index contributed by atoms with van der Waals surface area (Å²) >= 11 is 0. The first-order valence-electron chi connectivity index (χ1n) is 8.72. The van der Waals surface area contributed by atoms with E-state index in [1.807, 2.05) is 54.6 Å². The third-order valence-electron chi connectivity index (χ3n) is 5.12. The SMILES string of the molecule is Cn1c2c(c(=O)n(C)c1=O)C(c1ccc(-c3ccccc3)cc1)CC(=O)N2. The Morgan fingerprint density at radius 3 is 2.15 bits per heavy atom. The van der Waals surface area contributed by atoms with E-state index in [9.17, 15) is 14.4 Å². The van der Waals surface area contributed by atoms with Crippen molar-refractivity contribution < 1.29 is 4.79 Å². The van der Waals surface area contributed by atoms with Crippen LogP contribution < -0.4 is 16.6 Å². The average molecular weight is 361 g/mol. The van der Waals surface area contributed by atoms with Gasteiger partial charge in [-0.3, -0.25) is 18.7 Å². The highest BCUT2D eigenvalue weighted by Crippen LogP contribution is 2.34. The highest BCUT2D eigenvalue weighted by atomic mass is 16.2. The molecule has 0 saturated heterocycles. The van der Waals surface area contributed by atoms with Crippen molar-refractivity contribution in [3.63, 3.8) is 0 Å². The number of benzene rings is 2. The molecular formula is C21H19N3O3. The average Bonchev–Trinajstić information content (AvgIpc) is 2.71. The maximum atomic E-state index is 12.8. The van der Waals surface area contributed by atoms with E-state index < -0.39 is 5.69 Å². The quantitative estimate of drug-likeness (QED) is 0.761. The summed E-state index contributed by atoms with van der Waals surface area (Å²) in [6.45, 7) is 0. The van der Waals surface area contributed by atoms with Crippen molar-refractivity contribution in [2.24, 2.45) is 14.1 Å². The number of fused-ring (bicyclic) bond motifs is 1. The van der Waals surface area contributed by atoms with Gasteiger partial charge in [-0.15, -0.1) is 0 Å². The second kappa shape index (κ2) is 6.39. The van der Waals surface area contributed by atoms with E-state index in [-0.39, 0.29) is 29.6 Å². The molecule has 1 aromatic heterocycles. The van der Waals surface area contributed by atoms with Gasteiger partial charge in [-0.2, -0.15) is 0 Å². The summed E-state index contributed by atoms with van der Waals surface area (Å²) < 4.78 is 2.40. The Bertz CT molecular complexity index is 1140. The number of nitrogens with one attached hydrogen (secondary N) is 1. The molecule has 1 aliphatic heterocycles. The van der Waals surface area contributed by atoms with E-state index in [0.29, 0.717) is 5.56 Å². The molecule has 1 aliphatic rings. The molecule has 0 bridgehead atoms. The summed E-state index contributed by atoms with van der Waals surface area (Å²) in [6.07, 6.45) is 0.172. The lowest BCUT2D eigenvalue weighted by atomic mass is 9.86. The van der Waals surface area contributed by atoms with Crippen LogP contribution in [0.4, 0.5) is 5.82 Å². The van der Waals surface area contributed by atoms with Crippen LogP contribution >= 0.6 is 0 Å².